The molecule has 1 atom stereocenters. The first-order chi connectivity index (χ1) is 11.2. The number of thiocarbonyl (C=S) groups is 1. The molecule has 0 aliphatic carbocycles. The zero-order valence-corrected chi connectivity index (χ0v) is 13.9. The molecule has 3 rings (SSSR count). The van der Waals surface area contributed by atoms with Gasteiger partial charge in [-0.1, -0.05) is 91.1 Å². The third kappa shape index (κ3) is 3.85. The Morgan fingerprint density at radius 3 is 2.43 bits per heavy atom. The Morgan fingerprint density at radius 1 is 0.913 bits per heavy atom. The number of rotatable bonds is 4. The van der Waals surface area contributed by atoms with Crippen LogP contribution in [0.25, 0.3) is 16.8 Å². The van der Waals surface area contributed by atoms with E-state index in [9.17, 15) is 0 Å². The van der Waals surface area contributed by atoms with E-state index < -0.39 is 0 Å². The lowest BCUT2D eigenvalue weighted by molar-refractivity contribution is 0.732. The first kappa shape index (κ1) is 15.4. The highest BCUT2D eigenvalue weighted by atomic mass is 32.1. The normalized spacial score (nSPS) is 12.4. The molecule has 0 heterocycles. The van der Waals surface area contributed by atoms with Crippen LogP contribution in [0.1, 0.15) is 24.1 Å². The minimum absolute atomic E-state index is 0.161. The monoisotopic (exact) mass is 317 g/mol. The van der Waals surface area contributed by atoms with Crippen LogP contribution in [0.4, 0.5) is 0 Å². The Bertz CT molecular complexity index is 831. The molecule has 2 heteroatoms. The number of nitrogens with one attached hydrogen (secondary N) is 1. The van der Waals surface area contributed by atoms with E-state index in [-0.39, 0.29) is 6.04 Å². The quantitative estimate of drug-likeness (QED) is 0.501. The van der Waals surface area contributed by atoms with Crippen molar-refractivity contribution in [2.45, 2.75) is 13.0 Å². The van der Waals surface area contributed by atoms with E-state index in [0.29, 0.717) is 0 Å². The second kappa shape index (κ2) is 7.21. The van der Waals surface area contributed by atoms with Gasteiger partial charge < -0.3 is 5.32 Å². The summed E-state index contributed by atoms with van der Waals surface area (Å²) >= 11 is 5.45. The second-order valence-corrected chi connectivity index (χ2v) is 5.98. The van der Waals surface area contributed by atoms with Crippen LogP contribution in [0.2, 0.25) is 0 Å². The van der Waals surface area contributed by atoms with Crippen LogP contribution < -0.4 is 5.32 Å². The third-order valence-corrected chi connectivity index (χ3v) is 4.13. The molecule has 0 amide bonds. The van der Waals surface area contributed by atoms with Gasteiger partial charge in [-0.15, -0.1) is 0 Å². The van der Waals surface area contributed by atoms with Crippen LogP contribution in [0.3, 0.4) is 0 Å². The molecule has 0 radical (unpaired) electrons. The number of hydrogen-bond donors (Lipinski definition) is 1. The van der Waals surface area contributed by atoms with Gasteiger partial charge in [0.15, 0.2) is 0 Å². The average molecular weight is 317 g/mol. The Morgan fingerprint density at radius 2 is 1.61 bits per heavy atom. The predicted molar refractivity (Wildman–Crippen MR) is 104 cm³/mol. The first-order valence-electron chi connectivity index (χ1n) is 7.75. The molecular weight excluding hydrogens is 298 g/mol. The lowest BCUT2D eigenvalue weighted by Gasteiger charge is -2.17. The van der Waals surface area contributed by atoms with Gasteiger partial charge in [-0.05, 0) is 34.9 Å². The molecule has 0 aliphatic heterocycles. The molecule has 0 unspecified atom stereocenters. The molecule has 0 aromatic heterocycles. The highest BCUT2D eigenvalue weighted by Crippen LogP contribution is 2.24. The largest absolute Gasteiger partial charge is 0.370 e. The van der Waals surface area contributed by atoms with E-state index >= 15 is 0 Å². The smallest absolute Gasteiger partial charge is 0.0992 e. The van der Waals surface area contributed by atoms with Crippen LogP contribution in [0.15, 0.2) is 78.9 Å². The summed E-state index contributed by atoms with van der Waals surface area (Å²) in [5.74, 6) is 0. The van der Waals surface area contributed by atoms with Crippen molar-refractivity contribution in [2.24, 2.45) is 0 Å². The highest BCUT2D eigenvalue weighted by molar-refractivity contribution is 7.80. The molecule has 3 aromatic rings. The molecule has 0 bridgehead atoms. The summed E-state index contributed by atoms with van der Waals surface area (Å²) in [5.41, 5.74) is 2.41. The Hall–Kier alpha value is -2.45. The SMILES string of the molecule is C[C@H](NC(=S)/C=C/c1ccccc1)c1cccc2ccccc12. The molecule has 0 aliphatic rings. The van der Waals surface area contributed by atoms with Crippen molar-refractivity contribution in [1.82, 2.24) is 5.32 Å². The van der Waals surface area contributed by atoms with Gasteiger partial charge in [0.2, 0.25) is 0 Å². The fourth-order valence-corrected chi connectivity index (χ4v) is 2.95. The fourth-order valence-electron chi connectivity index (χ4n) is 2.70. The summed E-state index contributed by atoms with van der Waals surface area (Å²) < 4.78 is 0. The van der Waals surface area contributed by atoms with Crippen LogP contribution in [0, 0.1) is 0 Å². The second-order valence-electron chi connectivity index (χ2n) is 5.54. The van der Waals surface area contributed by atoms with Crippen LogP contribution in [-0.4, -0.2) is 4.99 Å². The van der Waals surface area contributed by atoms with Crippen LogP contribution >= 0.6 is 12.2 Å². The predicted octanol–water partition coefficient (Wildman–Crippen LogP) is 5.53. The van der Waals surface area contributed by atoms with Crippen molar-refractivity contribution in [3.8, 4) is 0 Å². The molecular formula is C21H19NS. The maximum Gasteiger partial charge on any atom is 0.0992 e. The molecule has 114 valence electrons. The van der Waals surface area contributed by atoms with Gasteiger partial charge >= 0.3 is 0 Å². The van der Waals surface area contributed by atoms with Gasteiger partial charge in [-0.2, -0.15) is 0 Å². The third-order valence-electron chi connectivity index (χ3n) is 3.88. The van der Waals surface area contributed by atoms with E-state index in [1.54, 1.807) is 0 Å². The zero-order chi connectivity index (χ0) is 16.1. The van der Waals surface area contributed by atoms with Crippen LogP contribution in [0.5, 0.6) is 0 Å². The molecule has 0 saturated heterocycles. The lowest BCUT2D eigenvalue weighted by atomic mass is 10.00. The van der Waals surface area contributed by atoms with Crippen molar-refractivity contribution in [1.29, 1.82) is 0 Å². The van der Waals surface area contributed by atoms with Crippen molar-refractivity contribution < 1.29 is 0 Å². The van der Waals surface area contributed by atoms with Gasteiger partial charge in [0.1, 0.15) is 0 Å². The molecule has 0 saturated carbocycles. The number of hydrogen-bond acceptors (Lipinski definition) is 1. The maximum absolute atomic E-state index is 5.45. The summed E-state index contributed by atoms with van der Waals surface area (Å²) in [5, 5.41) is 5.93. The van der Waals surface area contributed by atoms with Crippen molar-refractivity contribution in [2.75, 3.05) is 0 Å². The Balaban J connectivity index is 1.74. The van der Waals surface area contributed by atoms with Crippen molar-refractivity contribution in [3.63, 3.8) is 0 Å². The van der Waals surface area contributed by atoms with Crippen LogP contribution in [-0.2, 0) is 0 Å². The minimum Gasteiger partial charge on any atom is -0.370 e. The molecule has 1 N–H and O–H groups in total. The Labute approximate surface area is 142 Å². The molecule has 1 nitrogen and oxygen atoms in total. The van der Waals surface area contributed by atoms with E-state index in [2.05, 4.69) is 66.8 Å². The Kier molecular flexibility index (Phi) is 4.84. The summed E-state index contributed by atoms with van der Waals surface area (Å²) in [6.45, 7) is 2.14. The van der Waals surface area contributed by atoms with E-state index in [1.807, 2.05) is 30.4 Å². The zero-order valence-electron chi connectivity index (χ0n) is 13.1. The highest BCUT2D eigenvalue weighted by Gasteiger charge is 2.09. The van der Waals surface area contributed by atoms with Gasteiger partial charge in [-0.3, -0.25) is 0 Å². The molecule has 23 heavy (non-hydrogen) atoms. The topological polar surface area (TPSA) is 12.0 Å². The van der Waals surface area contributed by atoms with Gasteiger partial charge in [0, 0.05) is 6.04 Å². The summed E-state index contributed by atoms with van der Waals surface area (Å²) in [4.78, 5) is 0.745. The molecule has 0 fully saturated rings. The van der Waals surface area contributed by atoms with Crippen molar-refractivity contribution in [3.05, 3.63) is 90.0 Å². The summed E-state index contributed by atoms with van der Waals surface area (Å²) in [6, 6.07) is 25.2. The first-order valence-corrected chi connectivity index (χ1v) is 8.16. The number of fused-ring (bicyclic) bond motifs is 1. The molecule has 0 spiro atoms. The summed E-state index contributed by atoms with van der Waals surface area (Å²) in [7, 11) is 0. The standard InChI is InChI=1S/C21H19NS/c1-16(19-13-7-11-18-10-5-6-12-20(18)19)22-21(23)15-14-17-8-3-2-4-9-17/h2-16H,1H3,(H,22,23)/b15-14+/t16-/m0/s1. The van der Waals surface area contributed by atoms with E-state index in [1.165, 1.54) is 16.3 Å². The molecule has 3 aromatic carbocycles. The number of benzene rings is 3. The average Bonchev–Trinajstić information content (AvgIpc) is 2.60. The fraction of sp³-hybridized carbons (Fsp3) is 0.0952. The van der Waals surface area contributed by atoms with Gasteiger partial charge in [0.25, 0.3) is 0 Å². The van der Waals surface area contributed by atoms with E-state index in [0.717, 1.165) is 10.6 Å². The van der Waals surface area contributed by atoms with E-state index in [4.69, 9.17) is 12.2 Å². The van der Waals surface area contributed by atoms with Crippen molar-refractivity contribution >= 4 is 34.1 Å². The maximum atomic E-state index is 5.45. The van der Waals surface area contributed by atoms with Gasteiger partial charge in [-0.25, -0.2) is 0 Å². The summed E-state index contributed by atoms with van der Waals surface area (Å²) in [6.07, 6.45) is 3.98. The van der Waals surface area contributed by atoms with Gasteiger partial charge in [0.05, 0.1) is 4.99 Å². The lowest BCUT2D eigenvalue weighted by Crippen LogP contribution is -2.23. The minimum atomic E-state index is 0.161.